The van der Waals surface area contributed by atoms with Crippen molar-refractivity contribution in [3.8, 4) is 0 Å². The number of hydrogen-bond acceptors (Lipinski definition) is 3. The van der Waals surface area contributed by atoms with Crippen molar-refractivity contribution in [3.63, 3.8) is 0 Å². The van der Waals surface area contributed by atoms with Crippen molar-refractivity contribution in [2.45, 2.75) is 46.7 Å². The van der Waals surface area contributed by atoms with Gasteiger partial charge < -0.3 is 5.32 Å². The molecule has 1 rings (SSSR count). The van der Waals surface area contributed by atoms with Gasteiger partial charge in [0.2, 0.25) is 0 Å². The molecule has 0 atom stereocenters. The summed E-state index contributed by atoms with van der Waals surface area (Å²) in [4.78, 5) is 0. The quantitative estimate of drug-likeness (QED) is 0.746. The van der Waals surface area contributed by atoms with Gasteiger partial charge in [-0.25, -0.2) is 0 Å². The Balaban J connectivity index is 2.26. The molecule has 0 aromatic carbocycles. The number of nitrogens with one attached hydrogen (secondary N) is 1. The maximum Gasteiger partial charge on any atom is 0.0964 e. The van der Waals surface area contributed by atoms with E-state index in [4.69, 9.17) is 0 Å². The van der Waals surface area contributed by atoms with Gasteiger partial charge in [-0.3, -0.25) is 4.68 Å². The van der Waals surface area contributed by atoms with Crippen molar-refractivity contribution in [1.29, 1.82) is 0 Å². The normalized spacial score (nSPS) is 11.2. The average Bonchev–Trinajstić information content (AvgIpc) is 2.62. The molecule has 86 valence electrons. The molecule has 0 aliphatic rings. The van der Waals surface area contributed by atoms with Crippen molar-refractivity contribution in [3.05, 3.63) is 11.9 Å². The highest BCUT2D eigenvalue weighted by Gasteiger charge is 2.00. The van der Waals surface area contributed by atoms with E-state index in [1.54, 1.807) is 0 Å². The SMILES string of the molecule is CCCCn1cc(CNCC(C)C)nn1. The molecule has 1 N–H and O–H groups in total. The number of rotatable bonds is 7. The van der Waals surface area contributed by atoms with E-state index >= 15 is 0 Å². The lowest BCUT2D eigenvalue weighted by Crippen LogP contribution is -2.19. The van der Waals surface area contributed by atoms with Gasteiger partial charge in [0.25, 0.3) is 0 Å². The Morgan fingerprint density at radius 1 is 1.47 bits per heavy atom. The number of aryl methyl sites for hydroxylation is 1. The van der Waals surface area contributed by atoms with E-state index in [1.807, 2.05) is 10.9 Å². The molecule has 0 radical (unpaired) electrons. The summed E-state index contributed by atoms with van der Waals surface area (Å²) < 4.78 is 1.93. The molecule has 0 spiro atoms. The Hall–Kier alpha value is -0.900. The van der Waals surface area contributed by atoms with E-state index in [1.165, 1.54) is 12.8 Å². The molecule has 0 fully saturated rings. The second kappa shape index (κ2) is 6.56. The van der Waals surface area contributed by atoms with Crippen LogP contribution in [0.3, 0.4) is 0 Å². The molecule has 1 aromatic heterocycles. The average molecular weight is 210 g/mol. The molecule has 0 bridgehead atoms. The molecule has 0 amide bonds. The lowest BCUT2D eigenvalue weighted by atomic mass is 10.2. The number of aromatic nitrogens is 3. The van der Waals surface area contributed by atoms with Gasteiger partial charge in [-0.15, -0.1) is 5.10 Å². The minimum absolute atomic E-state index is 0.681. The molecule has 1 aromatic rings. The fourth-order valence-corrected chi connectivity index (χ4v) is 1.34. The highest BCUT2D eigenvalue weighted by Crippen LogP contribution is 1.97. The van der Waals surface area contributed by atoms with Crippen molar-refractivity contribution in [2.24, 2.45) is 5.92 Å². The number of nitrogens with zero attached hydrogens (tertiary/aromatic N) is 3. The molecule has 1 heterocycles. The van der Waals surface area contributed by atoms with Crippen LogP contribution in [0.5, 0.6) is 0 Å². The van der Waals surface area contributed by atoms with Crippen molar-refractivity contribution in [1.82, 2.24) is 20.3 Å². The fraction of sp³-hybridized carbons (Fsp3) is 0.818. The minimum Gasteiger partial charge on any atom is -0.311 e. The maximum atomic E-state index is 4.12. The molecular weight excluding hydrogens is 188 g/mol. The van der Waals surface area contributed by atoms with Crippen LogP contribution in [0.15, 0.2) is 6.20 Å². The smallest absolute Gasteiger partial charge is 0.0964 e. The summed E-state index contributed by atoms with van der Waals surface area (Å²) in [6.07, 6.45) is 4.39. The third-order valence-corrected chi connectivity index (χ3v) is 2.19. The molecule has 0 aliphatic heterocycles. The van der Waals surface area contributed by atoms with E-state index in [9.17, 15) is 0 Å². The first-order valence-corrected chi connectivity index (χ1v) is 5.82. The summed E-state index contributed by atoms with van der Waals surface area (Å²) in [5.74, 6) is 0.681. The van der Waals surface area contributed by atoms with Crippen LogP contribution in [0.1, 0.15) is 39.3 Å². The van der Waals surface area contributed by atoms with Crippen LogP contribution in [0, 0.1) is 5.92 Å². The van der Waals surface area contributed by atoms with Crippen LogP contribution in [-0.4, -0.2) is 21.5 Å². The Labute approximate surface area is 92.1 Å². The zero-order valence-corrected chi connectivity index (χ0v) is 10.0. The fourth-order valence-electron chi connectivity index (χ4n) is 1.34. The van der Waals surface area contributed by atoms with Crippen LogP contribution >= 0.6 is 0 Å². The standard InChI is InChI=1S/C11H22N4/c1-4-5-6-15-9-11(13-14-15)8-12-7-10(2)3/h9-10,12H,4-8H2,1-3H3. The van der Waals surface area contributed by atoms with Crippen molar-refractivity contribution >= 4 is 0 Å². The lowest BCUT2D eigenvalue weighted by molar-refractivity contribution is 0.547. The molecular formula is C11H22N4. The second-order valence-corrected chi connectivity index (χ2v) is 4.35. The third kappa shape index (κ3) is 4.93. The van der Waals surface area contributed by atoms with Crippen LogP contribution in [0.4, 0.5) is 0 Å². The van der Waals surface area contributed by atoms with E-state index in [0.29, 0.717) is 5.92 Å². The van der Waals surface area contributed by atoms with Crippen LogP contribution < -0.4 is 5.32 Å². The van der Waals surface area contributed by atoms with E-state index in [-0.39, 0.29) is 0 Å². The van der Waals surface area contributed by atoms with Gasteiger partial charge in [0.05, 0.1) is 5.69 Å². The summed E-state index contributed by atoms with van der Waals surface area (Å²) in [5.41, 5.74) is 1.03. The first-order chi connectivity index (χ1) is 7.22. The highest BCUT2D eigenvalue weighted by atomic mass is 15.4. The topological polar surface area (TPSA) is 42.7 Å². The Bertz CT molecular complexity index is 267. The van der Waals surface area contributed by atoms with Gasteiger partial charge in [0, 0.05) is 19.3 Å². The van der Waals surface area contributed by atoms with Crippen LogP contribution in [0.2, 0.25) is 0 Å². The van der Waals surface area contributed by atoms with Gasteiger partial charge in [0.15, 0.2) is 0 Å². The zero-order valence-electron chi connectivity index (χ0n) is 10.0. The molecule has 0 aliphatic carbocycles. The lowest BCUT2D eigenvalue weighted by Gasteiger charge is -2.04. The predicted octanol–water partition coefficient (Wildman–Crippen LogP) is 1.82. The predicted molar refractivity (Wildman–Crippen MR) is 61.5 cm³/mol. The molecule has 0 saturated heterocycles. The van der Waals surface area contributed by atoms with Gasteiger partial charge in [-0.2, -0.15) is 0 Å². The summed E-state index contributed by atoms with van der Waals surface area (Å²) in [7, 11) is 0. The van der Waals surface area contributed by atoms with E-state index in [0.717, 1.165) is 25.3 Å². The van der Waals surface area contributed by atoms with Crippen LogP contribution in [0.25, 0.3) is 0 Å². The first kappa shape index (κ1) is 12.2. The van der Waals surface area contributed by atoms with Crippen LogP contribution in [-0.2, 0) is 13.1 Å². The first-order valence-electron chi connectivity index (χ1n) is 5.82. The summed E-state index contributed by atoms with van der Waals surface area (Å²) in [6, 6.07) is 0. The van der Waals surface area contributed by atoms with Gasteiger partial charge >= 0.3 is 0 Å². The highest BCUT2D eigenvalue weighted by molar-refractivity contribution is 4.91. The summed E-state index contributed by atoms with van der Waals surface area (Å²) in [5, 5.41) is 11.5. The third-order valence-electron chi connectivity index (χ3n) is 2.19. The Morgan fingerprint density at radius 2 is 2.27 bits per heavy atom. The largest absolute Gasteiger partial charge is 0.311 e. The molecule has 4 nitrogen and oxygen atoms in total. The van der Waals surface area contributed by atoms with Gasteiger partial charge in [-0.05, 0) is 18.9 Å². The van der Waals surface area contributed by atoms with Gasteiger partial charge in [-0.1, -0.05) is 32.4 Å². The molecule has 0 saturated carbocycles. The molecule has 4 heteroatoms. The summed E-state index contributed by atoms with van der Waals surface area (Å²) >= 11 is 0. The second-order valence-electron chi connectivity index (χ2n) is 4.35. The number of unbranched alkanes of at least 4 members (excludes halogenated alkanes) is 1. The van der Waals surface area contributed by atoms with Crippen molar-refractivity contribution < 1.29 is 0 Å². The van der Waals surface area contributed by atoms with E-state index < -0.39 is 0 Å². The summed E-state index contributed by atoms with van der Waals surface area (Å²) in [6.45, 7) is 9.41. The Kier molecular flexibility index (Phi) is 5.32. The van der Waals surface area contributed by atoms with Crippen molar-refractivity contribution in [2.75, 3.05) is 6.54 Å². The Morgan fingerprint density at radius 3 is 2.93 bits per heavy atom. The zero-order chi connectivity index (χ0) is 11.1. The molecule has 15 heavy (non-hydrogen) atoms. The molecule has 0 unspecified atom stereocenters. The van der Waals surface area contributed by atoms with Gasteiger partial charge in [0.1, 0.15) is 0 Å². The number of hydrogen-bond donors (Lipinski definition) is 1. The minimum atomic E-state index is 0.681. The maximum absolute atomic E-state index is 4.12. The monoisotopic (exact) mass is 210 g/mol. The van der Waals surface area contributed by atoms with E-state index in [2.05, 4.69) is 36.4 Å².